The molecule has 1 aliphatic rings. The third-order valence-electron chi connectivity index (χ3n) is 3.37. The van der Waals surface area contributed by atoms with Crippen molar-refractivity contribution >= 4 is 10.7 Å². The molecule has 0 bridgehead atoms. The molecule has 90 valence electrons. The van der Waals surface area contributed by atoms with E-state index in [9.17, 15) is 8.42 Å². The van der Waals surface area contributed by atoms with E-state index in [0.29, 0.717) is 0 Å². The second kappa shape index (κ2) is 8.14. The van der Waals surface area contributed by atoms with Crippen molar-refractivity contribution in [3.8, 4) is 0 Å². The topological polar surface area (TPSA) is 34.1 Å². The number of hydrogen-bond donors (Lipinski definition) is 1. The maximum absolute atomic E-state index is 11.0. The normalized spacial score (nSPS) is 23.3. The molecule has 0 radical (unpaired) electrons. The van der Waals surface area contributed by atoms with Crippen LogP contribution in [-0.2, 0) is 10.7 Å². The van der Waals surface area contributed by atoms with Crippen LogP contribution in [0.15, 0.2) is 0 Å². The van der Waals surface area contributed by atoms with Crippen molar-refractivity contribution in [1.82, 2.24) is 0 Å². The highest BCUT2D eigenvalue weighted by Crippen LogP contribution is 2.18. The Kier molecular flexibility index (Phi) is 7.07. The molecule has 0 amide bonds. The molecule has 1 saturated carbocycles. The third kappa shape index (κ3) is 6.18. The average molecular weight is 232 g/mol. The van der Waals surface area contributed by atoms with Gasteiger partial charge >= 0.3 is 0 Å². The summed E-state index contributed by atoms with van der Waals surface area (Å²) in [6, 6.07) is 0. The van der Waals surface area contributed by atoms with Gasteiger partial charge in [0.2, 0.25) is 0 Å². The van der Waals surface area contributed by atoms with Gasteiger partial charge in [0.25, 0.3) is 0 Å². The summed E-state index contributed by atoms with van der Waals surface area (Å²) in [5.74, 6) is 0. The van der Waals surface area contributed by atoms with Crippen molar-refractivity contribution in [1.29, 1.82) is 0 Å². The van der Waals surface area contributed by atoms with Crippen molar-refractivity contribution in [3.05, 3.63) is 0 Å². The van der Waals surface area contributed by atoms with Gasteiger partial charge in [0.1, 0.15) is 10.7 Å². The first-order valence-corrected chi connectivity index (χ1v) is 7.69. The highest BCUT2D eigenvalue weighted by Gasteiger charge is 2.11. The lowest BCUT2D eigenvalue weighted by molar-refractivity contribution is 0.497. The van der Waals surface area contributed by atoms with Crippen LogP contribution in [0.1, 0.15) is 70.6 Å². The van der Waals surface area contributed by atoms with E-state index in [4.69, 9.17) is 0 Å². The zero-order valence-corrected chi connectivity index (χ0v) is 10.5. The summed E-state index contributed by atoms with van der Waals surface area (Å²) < 4.78 is 22.0. The molecule has 0 aromatic rings. The second-order valence-corrected chi connectivity index (χ2v) is 6.00. The molecule has 1 fully saturated rings. The highest BCUT2D eigenvalue weighted by atomic mass is 32.2. The van der Waals surface area contributed by atoms with E-state index in [1.807, 2.05) is 0 Å². The van der Waals surface area contributed by atoms with Crippen LogP contribution in [0.25, 0.3) is 0 Å². The Balaban J connectivity index is 2.32. The lowest BCUT2D eigenvalue weighted by atomic mass is 10.0. The molecule has 0 saturated heterocycles. The number of rotatable bonds is 1. The zero-order valence-electron chi connectivity index (χ0n) is 9.62. The minimum atomic E-state index is -2.18. The molecule has 0 N–H and O–H groups in total. The fourth-order valence-corrected chi connectivity index (χ4v) is 3.14. The Bertz CT molecular complexity index is 204. The largest absolute Gasteiger partial charge is 0.232 e. The lowest BCUT2D eigenvalue weighted by Gasteiger charge is -2.11. The SMILES string of the molecule is O=[SH](=O)C1CCCCCCCCCCC1. The summed E-state index contributed by atoms with van der Waals surface area (Å²) in [6.45, 7) is 0. The van der Waals surface area contributed by atoms with Crippen molar-refractivity contribution in [2.75, 3.05) is 0 Å². The van der Waals surface area contributed by atoms with Gasteiger partial charge in [-0.05, 0) is 12.8 Å². The van der Waals surface area contributed by atoms with Crippen LogP contribution in [0.5, 0.6) is 0 Å². The van der Waals surface area contributed by atoms with Crippen LogP contribution < -0.4 is 0 Å². The molecule has 3 heteroatoms. The van der Waals surface area contributed by atoms with Gasteiger partial charge in [-0.25, -0.2) is 8.42 Å². The van der Waals surface area contributed by atoms with Gasteiger partial charge < -0.3 is 0 Å². The van der Waals surface area contributed by atoms with E-state index in [0.717, 1.165) is 25.7 Å². The molecule has 0 heterocycles. The molecular formula is C12H24O2S. The van der Waals surface area contributed by atoms with Crippen molar-refractivity contribution in [2.24, 2.45) is 0 Å². The molecular weight excluding hydrogens is 208 g/mol. The van der Waals surface area contributed by atoms with Crippen LogP contribution in [0, 0.1) is 0 Å². The molecule has 0 spiro atoms. The standard InChI is InChI=1S/C12H24O2S/c13-15(14)12-10-8-6-4-2-1-3-5-7-9-11-12/h12,15H,1-11H2. The minimum absolute atomic E-state index is 0.0283. The molecule has 2 nitrogen and oxygen atoms in total. The summed E-state index contributed by atoms with van der Waals surface area (Å²) in [5.41, 5.74) is 0. The monoisotopic (exact) mass is 232 g/mol. The van der Waals surface area contributed by atoms with Crippen molar-refractivity contribution in [3.63, 3.8) is 0 Å². The van der Waals surface area contributed by atoms with E-state index >= 15 is 0 Å². The highest BCUT2D eigenvalue weighted by molar-refractivity contribution is 7.73. The molecule has 0 aromatic carbocycles. The molecule has 0 atom stereocenters. The number of hydrogen-bond acceptors (Lipinski definition) is 2. The Hall–Kier alpha value is -0.0500. The van der Waals surface area contributed by atoms with Gasteiger partial charge in [-0.1, -0.05) is 57.8 Å². The van der Waals surface area contributed by atoms with Crippen LogP contribution in [-0.4, -0.2) is 13.7 Å². The maximum Gasteiger partial charge on any atom is 0.143 e. The first-order valence-electron chi connectivity index (χ1n) is 6.44. The molecule has 1 aliphatic carbocycles. The van der Waals surface area contributed by atoms with Gasteiger partial charge in [0, 0.05) is 0 Å². The Labute approximate surface area is 95.4 Å². The fraction of sp³-hybridized carbons (Fsp3) is 1.00. The van der Waals surface area contributed by atoms with Crippen molar-refractivity contribution < 1.29 is 8.42 Å². The molecule has 1 rings (SSSR count). The summed E-state index contributed by atoms with van der Waals surface area (Å²) >= 11 is 0. The summed E-state index contributed by atoms with van der Waals surface area (Å²) in [5, 5.41) is -0.0283. The van der Waals surface area contributed by atoms with E-state index < -0.39 is 10.7 Å². The molecule has 15 heavy (non-hydrogen) atoms. The Morgan fingerprint density at radius 2 is 0.933 bits per heavy atom. The quantitative estimate of drug-likeness (QED) is 0.704. The second-order valence-electron chi connectivity index (χ2n) is 4.70. The summed E-state index contributed by atoms with van der Waals surface area (Å²) in [6.07, 6.45) is 13.1. The molecule has 0 unspecified atom stereocenters. The minimum Gasteiger partial charge on any atom is -0.232 e. The van der Waals surface area contributed by atoms with Gasteiger partial charge in [-0.2, -0.15) is 0 Å². The predicted octanol–water partition coefficient (Wildman–Crippen LogP) is 3.27. The first-order chi connectivity index (χ1) is 7.30. The van der Waals surface area contributed by atoms with Crippen LogP contribution in [0.4, 0.5) is 0 Å². The fourth-order valence-electron chi connectivity index (χ4n) is 2.35. The Morgan fingerprint density at radius 3 is 1.27 bits per heavy atom. The molecule has 0 aliphatic heterocycles. The predicted molar refractivity (Wildman–Crippen MR) is 64.9 cm³/mol. The third-order valence-corrected chi connectivity index (χ3v) is 4.49. The Morgan fingerprint density at radius 1 is 0.600 bits per heavy atom. The van der Waals surface area contributed by atoms with Crippen LogP contribution >= 0.6 is 0 Å². The van der Waals surface area contributed by atoms with E-state index in [1.54, 1.807) is 0 Å². The van der Waals surface area contributed by atoms with Gasteiger partial charge in [0.15, 0.2) is 0 Å². The zero-order chi connectivity index (χ0) is 10.9. The van der Waals surface area contributed by atoms with E-state index in [1.165, 1.54) is 44.9 Å². The van der Waals surface area contributed by atoms with Gasteiger partial charge in [-0.15, -0.1) is 0 Å². The van der Waals surface area contributed by atoms with Crippen molar-refractivity contribution in [2.45, 2.75) is 75.9 Å². The van der Waals surface area contributed by atoms with Crippen LogP contribution in [0.3, 0.4) is 0 Å². The van der Waals surface area contributed by atoms with Crippen LogP contribution in [0.2, 0.25) is 0 Å². The molecule has 0 aromatic heterocycles. The lowest BCUT2D eigenvalue weighted by Crippen LogP contribution is -2.10. The first kappa shape index (κ1) is 13.0. The van der Waals surface area contributed by atoms with E-state index in [-0.39, 0.29) is 5.25 Å². The number of thiol groups is 1. The maximum atomic E-state index is 11.0. The van der Waals surface area contributed by atoms with E-state index in [2.05, 4.69) is 0 Å². The summed E-state index contributed by atoms with van der Waals surface area (Å²) in [4.78, 5) is 0. The smallest absolute Gasteiger partial charge is 0.143 e. The van der Waals surface area contributed by atoms with Gasteiger partial charge in [-0.3, -0.25) is 0 Å². The van der Waals surface area contributed by atoms with Gasteiger partial charge in [0.05, 0.1) is 5.25 Å². The average Bonchev–Trinajstić information content (AvgIpc) is 2.18. The summed E-state index contributed by atoms with van der Waals surface area (Å²) in [7, 11) is -2.18.